The average molecular weight is 248 g/mol. The van der Waals surface area contributed by atoms with E-state index in [0.29, 0.717) is 12.4 Å². The predicted octanol–water partition coefficient (Wildman–Crippen LogP) is 1.83. The maximum atomic E-state index is 10.5. The van der Waals surface area contributed by atoms with Crippen LogP contribution in [0.15, 0.2) is 35.2 Å². The summed E-state index contributed by atoms with van der Waals surface area (Å²) in [4.78, 5) is 14.0. The summed E-state index contributed by atoms with van der Waals surface area (Å²) >= 11 is 0. The van der Waals surface area contributed by atoms with Gasteiger partial charge in [0.25, 0.3) is 5.69 Å². The molecule has 0 radical (unpaired) electrons. The van der Waals surface area contributed by atoms with Crippen LogP contribution in [0.2, 0.25) is 0 Å². The molecular weight excluding hydrogens is 236 g/mol. The van der Waals surface area contributed by atoms with Gasteiger partial charge in [-0.3, -0.25) is 10.1 Å². The molecule has 1 aromatic carbocycles. The number of nitrogens with zero attached hydrogens (tertiary/aromatic N) is 3. The SMILES string of the molecule is CC(NCc1ncon1)c1ccc([N+](=O)[O-])cc1. The molecule has 1 aromatic heterocycles. The lowest BCUT2D eigenvalue weighted by molar-refractivity contribution is -0.384. The van der Waals surface area contributed by atoms with E-state index in [0.717, 1.165) is 5.56 Å². The highest BCUT2D eigenvalue weighted by Gasteiger charge is 2.09. The van der Waals surface area contributed by atoms with E-state index in [1.165, 1.54) is 18.5 Å². The molecule has 94 valence electrons. The second kappa shape index (κ2) is 5.37. The van der Waals surface area contributed by atoms with Crippen LogP contribution in [0.4, 0.5) is 5.69 Å². The van der Waals surface area contributed by atoms with Gasteiger partial charge in [-0.2, -0.15) is 4.98 Å². The van der Waals surface area contributed by atoms with Gasteiger partial charge in [-0.15, -0.1) is 0 Å². The summed E-state index contributed by atoms with van der Waals surface area (Å²) in [6, 6.07) is 6.48. The van der Waals surface area contributed by atoms with Gasteiger partial charge in [0.05, 0.1) is 11.5 Å². The standard InChI is InChI=1S/C11H12N4O3/c1-8(12-6-11-13-7-18-14-11)9-2-4-10(5-3-9)15(16)17/h2-5,7-8,12H,6H2,1H3. The molecule has 0 fully saturated rings. The minimum atomic E-state index is -0.415. The van der Waals surface area contributed by atoms with Crippen LogP contribution < -0.4 is 5.32 Å². The Morgan fingerprint density at radius 3 is 2.72 bits per heavy atom. The maximum absolute atomic E-state index is 10.5. The van der Waals surface area contributed by atoms with Gasteiger partial charge in [-0.05, 0) is 12.5 Å². The van der Waals surface area contributed by atoms with Crippen molar-refractivity contribution in [1.82, 2.24) is 15.5 Å². The number of hydrogen-bond donors (Lipinski definition) is 1. The van der Waals surface area contributed by atoms with Crippen LogP contribution in [0.25, 0.3) is 0 Å². The quantitative estimate of drug-likeness (QED) is 0.640. The molecule has 7 heteroatoms. The zero-order chi connectivity index (χ0) is 13.0. The van der Waals surface area contributed by atoms with E-state index in [4.69, 9.17) is 0 Å². The van der Waals surface area contributed by atoms with Crippen LogP contribution in [0.1, 0.15) is 24.4 Å². The summed E-state index contributed by atoms with van der Waals surface area (Å²) in [7, 11) is 0. The Labute approximate surface area is 103 Å². The second-order valence-electron chi connectivity index (χ2n) is 3.80. The number of rotatable bonds is 5. The molecule has 0 aliphatic rings. The first-order valence-corrected chi connectivity index (χ1v) is 5.40. The van der Waals surface area contributed by atoms with Gasteiger partial charge in [0.2, 0.25) is 6.39 Å². The third-order valence-electron chi connectivity index (χ3n) is 2.58. The molecule has 1 unspecified atom stereocenters. The molecule has 18 heavy (non-hydrogen) atoms. The molecule has 1 N–H and O–H groups in total. The zero-order valence-electron chi connectivity index (χ0n) is 9.74. The van der Waals surface area contributed by atoms with Crippen molar-refractivity contribution in [3.05, 3.63) is 52.2 Å². The normalized spacial score (nSPS) is 12.3. The molecule has 2 rings (SSSR count). The third-order valence-corrected chi connectivity index (χ3v) is 2.58. The number of nitrogens with one attached hydrogen (secondary N) is 1. The largest absolute Gasteiger partial charge is 0.343 e. The molecule has 0 aliphatic carbocycles. The molecule has 0 amide bonds. The van der Waals surface area contributed by atoms with Crippen LogP contribution >= 0.6 is 0 Å². The lowest BCUT2D eigenvalue weighted by atomic mass is 10.1. The monoisotopic (exact) mass is 248 g/mol. The third kappa shape index (κ3) is 2.89. The molecule has 0 spiro atoms. The van der Waals surface area contributed by atoms with Crippen LogP contribution in [0.5, 0.6) is 0 Å². The summed E-state index contributed by atoms with van der Waals surface area (Å²) in [5, 5.41) is 17.4. The van der Waals surface area contributed by atoms with E-state index in [1.807, 2.05) is 6.92 Å². The highest BCUT2D eigenvalue weighted by Crippen LogP contribution is 2.17. The van der Waals surface area contributed by atoms with Gasteiger partial charge < -0.3 is 9.84 Å². The van der Waals surface area contributed by atoms with Gasteiger partial charge in [0, 0.05) is 18.2 Å². The van der Waals surface area contributed by atoms with Crippen molar-refractivity contribution in [2.45, 2.75) is 19.5 Å². The zero-order valence-corrected chi connectivity index (χ0v) is 9.74. The van der Waals surface area contributed by atoms with Crippen LogP contribution in [-0.2, 0) is 6.54 Å². The number of benzene rings is 1. The average Bonchev–Trinajstić information content (AvgIpc) is 2.89. The molecule has 0 saturated carbocycles. The summed E-state index contributed by atoms with van der Waals surface area (Å²) in [6.45, 7) is 2.44. The van der Waals surface area contributed by atoms with Crippen molar-refractivity contribution in [1.29, 1.82) is 0 Å². The Kier molecular flexibility index (Phi) is 3.63. The fourth-order valence-corrected chi connectivity index (χ4v) is 1.52. The first kappa shape index (κ1) is 12.2. The molecule has 0 bridgehead atoms. The van der Waals surface area contributed by atoms with Gasteiger partial charge >= 0.3 is 0 Å². The number of nitro benzene ring substituents is 1. The van der Waals surface area contributed by atoms with Crippen molar-refractivity contribution >= 4 is 5.69 Å². The lowest BCUT2D eigenvalue weighted by Gasteiger charge is -2.12. The van der Waals surface area contributed by atoms with E-state index in [9.17, 15) is 10.1 Å². The van der Waals surface area contributed by atoms with E-state index in [-0.39, 0.29) is 11.7 Å². The minimum absolute atomic E-state index is 0.0457. The van der Waals surface area contributed by atoms with Crippen LogP contribution in [-0.4, -0.2) is 15.1 Å². The number of aromatic nitrogens is 2. The Bertz CT molecular complexity index is 510. The first-order chi connectivity index (χ1) is 8.66. The van der Waals surface area contributed by atoms with E-state index >= 15 is 0 Å². The first-order valence-electron chi connectivity index (χ1n) is 5.40. The Morgan fingerprint density at radius 2 is 2.17 bits per heavy atom. The summed E-state index contributed by atoms with van der Waals surface area (Å²) < 4.78 is 4.62. The molecule has 7 nitrogen and oxygen atoms in total. The highest BCUT2D eigenvalue weighted by atomic mass is 16.6. The number of hydrogen-bond acceptors (Lipinski definition) is 6. The number of non-ortho nitro benzene ring substituents is 1. The van der Waals surface area contributed by atoms with E-state index in [2.05, 4.69) is 20.0 Å². The molecule has 0 saturated heterocycles. The molecule has 2 aromatic rings. The fraction of sp³-hybridized carbons (Fsp3) is 0.273. The summed E-state index contributed by atoms with van der Waals surface area (Å²) in [5.41, 5.74) is 1.05. The summed E-state index contributed by atoms with van der Waals surface area (Å²) in [6.07, 6.45) is 1.27. The van der Waals surface area contributed by atoms with Crippen molar-refractivity contribution in [2.24, 2.45) is 0 Å². The van der Waals surface area contributed by atoms with E-state index < -0.39 is 4.92 Å². The fourth-order valence-electron chi connectivity index (χ4n) is 1.52. The maximum Gasteiger partial charge on any atom is 0.269 e. The van der Waals surface area contributed by atoms with Gasteiger partial charge in [0.1, 0.15) is 0 Å². The Hall–Kier alpha value is -2.28. The number of nitro groups is 1. The van der Waals surface area contributed by atoms with Gasteiger partial charge in [-0.25, -0.2) is 0 Å². The van der Waals surface area contributed by atoms with Crippen molar-refractivity contribution < 1.29 is 9.45 Å². The smallest absolute Gasteiger partial charge is 0.269 e. The van der Waals surface area contributed by atoms with Gasteiger partial charge in [0.15, 0.2) is 5.82 Å². The van der Waals surface area contributed by atoms with Crippen molar-refractivity contribution in [3.63, 3.8) is 0 Å². The highest BCUT2D eigenvalue weighted by molar-refractivity contribution is 5.34. The van der Waals surface area contributed by atoms with Crippen LogP contribution in [0.3, 0.4) is 0 Å². The van der Waals surface area contributed by atoms with Gasteiger partial charge in [-0.1, -0.05) is 17.3 Å². The molecule has 1 atom stereocenters. The van der Waals surface area contributed by atoms with Crippen molar-refractivity contribution in [3.8, 4) is 0 Å². The second-order valence-corrected chi connectivity index (χ2v) is 3.80. The Morgan fingerprint density at radius 1 is 1.44 bits per heavy atom. The Balaban J connectivity index is 1.96. The topological polar surface area (TPSA) is 94.1 Å². The predicted molar refractivity (Wildman–Crippen MR) is 62.6 cm³/mol. The lowest BCUT2D eigenvalue weighted by Crippen LogP contribution is -2.18. The van der Waals surface area contributed by atoms with Crippen molar-refractivity contribution in [2.75, 3.05) is 0 Å². The summed E-state index contributed by atoms with van der Waals surface area (Å²) in [5.74, 6) is 0.573. The minimum Gasteiger partial charge on any atom is -0.343 e. The molecule has 0 aliphatic heterocycles. The molecular formula is C11H12N4O3. The van der Waals surface area contributed by atoms with Crippen LogP contribution in [0, 0.1) is 10.1 Å². The molecule has 1 heterocycles. The van der Waals surface area contributed by atoms with E-state index in [1.54, 1.807) is 12.1 Å².